The molecule has 1 aromatic carbocycles. The second-order valence-electron chi connectivity index (χ2n) is 7.89. The number of hydrogen-bond acceptors (Lipinski definition) is 6. The molecule has 0 radical (unpaired) electrons. The molecule has 2 N–H and O–H groups in total. The maximum atomic E-state index is 14.5. The van der Waals surface area contributed by atoms with E-state index in [0.29, 0.717) is 0 Å². The Hall–Kier alpha value is -2.03. The number of aliphatic imine (C=N–C) groups is 1. The molecule has 1 fully saturated rings. The highest BCUT2D eigenvalue weighted by atomic mass is 32.2. The van der Waals surface area contributed by atoms with E-state index in [1.54, 1.807) is 6.92 Å². The van der Waals surface area contributed by atoms with Crippen molar-refractivity contribution in [2.75, 3.05) is 5.75 Å². The van der Waals surface area contributed by atoms with Gasteiger partial charge in [-0.25, -0.2) is 12.8 Å². The van der Waals surface area contributed by atoms with E-state index >= 15 is 0 Å². The van der Waals surface area contributed by atoms with Gasteiger partial charge in [0.25, 0.3) is 5.69 Å². The lowest BCUT2D eigenvalue weighted by molar-refractivity contribution is -0.385. The smallest absolute Gasteiger partial charge is 0.270 e. The monoisotopic (exact) mass is 397 g/mol. The molecule has 0 saturated heterocycles. The van der Waals surface area contributed by atoms with E-state index < -0.39 is 36.6 Å². The van der Waals surface area contributed by atoms with Crippen LogP contribution in [0.2, 0.25) is 0 Å². The van der Waals surface area contributed by atoms with Gasteiger partial charge in [-0.2, -0.15) is 0 Å². The van der Waals surface area contributed by atoms with E-state index in [4.69, 9.17) is 5.73 Å². The topological polar surface area (TPSA) is 116 Å². The van der Waals surface area contributed by atoms with E-state index in [1.807, 2.05) is 0 Å². The maximum absolute atomic E-state index is 14.5. The van der Waals surface area contributed by atoms with Gasteiger partial charge in [0.1, 0.15) is 21.9 Å². The van der Waals surface area contributed by atoms with Crippen LogP contribution in [0.5, 0.6) is 0 Å². The summed E-state index contributed by atoms with van der Waals surface area (Å²) in [5.41, 5.74) is 4.24. The van der Waals surface area contributed by atoms with Crippen molar-refractivity contribution in [1.29, 1.82) is 0 Å². The first kappa shape index (κ1) is 19.7. The molecule has 1 heterocycles. The number of hydrogen-bond donors (Lipinski definition) is 1. The molecule has 1 aliphatic heterocycles. The third-order valence-corrected chi connectivity index (χ3v) is 8.89. The van der Waals surface area contributed by atoms with Gasteiger partial charge in [0, 0.05) is 17.7 Å². The lowest BCUT2D eigenvalue weighted by Crippen LogP contribution is -2.60. The van der Waals surface area contributed by atoms with Crippen LogP contribution in [0.4, 0.5) is 10.1 Å². The summed E-state index contributed by atoms with van der Waals surface area (Å²) >= 11 is 0. The Labute approximate surface area is 157 Å². The van der Waals surface area contributed by atoms with Crippen molar-refractivity contribution in [3.05, 3.63) is 39.7 Å². The van der Waals surface area contributed by atoms with E-state index in [1.165, 1.54) is 6.92 Å². The van der Waals surface area contributed by atoms with Gasteiger partial charge in [-0.3, -0.25) is 15.1 Å². The van der Waals surface area contributed by atoms with Gasteiger partial charge in [0.15, 0.2) is 9.84 Å². The Balaban J connectivity index is 2.13. The van der Waals surface area contributed by atoms with Crippen LogP contribution in [-0.4, -0.2) is 29.7 Å². The van der Waals surface area contributed by atoms with Crippen LogP contribution in [0.15, 0.2) is 23.2 Å². The fourth-order valence-electron chi connectivity index (χ4n) is 4.38. The van der Waals surface area contributed by atoms with Crippen LogP contribution < -0.4 is 5.73 Å². The van der Waals surface area contributed by atoms with Gasteiger partial charge < -0.3 is 5.73 Å². The van der Waals surface area contributed by atoms with Crippen molar-refractivity contribution in [3.8, 4) is 0 Å². The number of nitrogens with zero attached hydrogens (tertiary/aromatic N) is 2. The molecule has 148 valence electrons. The second kappa shape index (κ2) is 6.54. The normalized spacial score (nSPS) is 31.3. The number of amidine groups is 1. The molecule has 2 aliphatic rings. The first-order chi connectivity index (χ1) is 12.5. The molecule has 0 bridgehead atoms. The van der Waals surface area contributed by atoms with Crippen molar-refractivity contribution in [1.82, 2.24) is 0 Å². The number of sulfone groups is 1. The third-order valence-electron chi connectivity index (χ3n) is 6.12. The summed E-state index contributed by atoms with van der Waals surface area (Å²) < 4.78 is 39.8. The average Bonchev–Trinajstić information content (AvgIpc) is 2.60. The van der Waals surface area contributed by atoms with Crippen LogP contribution in [0.1, 0.15) is 51.5 Å². The van der Waals surface area contributed by atoms with E-state index in [2.05, 4.69) is 4.99 Å². The highest BCUT2D eigenvalue weighted by Gasteiger charge is 2.56. The number of nitrogens with two attached hydrogens (primary N) is 1. The number of rotatable bonds is 3. The summed E-state index contributed by atoms with van der Waals surface area (Å²) in [7, 11) is -3.77. The largest absolute Gasteiger partial charge is 0.386 e. The van der Waals surface area contributed by atoms with Gasteiger partial charge in [-0.05, 0) is 38.7 Å². The van der Waals surface area contributed by atoms with E-state index in [0.717, 1.165) is 50.3 Å². The highest BCUT2D eigenvalue weighted by molar-refractivity contribution is 7.93. The van der Waals surface area contributed by atoms with Crippen LogP contribution >= 0.6 is 0 Å². The van der Waals surface area contributed by atoms with Gasteiger partial charge >= 0.3 is 0 Å². The molecule has 3 rings (SSSR count). The van der Waals surface area contributed by atoms with Crippen molar-refractivity contribution in [2.45, 2.75) is 56.2 Å². The Morgan fingerprint density at radius 1 is 1.26 bits per heavy atom. The van der Waals surface area contributed by atoms with E-state index in [-0.39, 0.29) is 23.0 Å². The molecule has 9 heteroatoms. The molecule has 7 nitrogen and oxygen atoms in total. The molecule has 2 atom stereocenters. The SMILES string of the molecule is C[C@@]1(c2cc([N+](=O)[O-])ccc2F)CS(=O)(=O)[C@@](C)(C2CCCCC2)C(N)=N1. The van der Waals surface area contributed by atoms with Gasteiger partial charge in [0.2, 0.25) is 0 Å². The summed E-state index contributed by atoms with van der Waals surface area (Å²) in [6.45, 7) is 3.07. The minimum atomic E-state index is -3.77. The second-order valence-corrected chi connectivity index (χ2v) is 10.3. The zero-order chi connectivity index (χ0) is 20.0. The summed E-state index contributed by atoms with van der Waals surface area (Å²) in [5, 5.41) is 11.1. The fourth-order valence-corrected chi connectivity index (χ4v) is 6.75. The van der Waals surface area contributed by atoms with Gasteiger partial charge in [-0.1, -0.05) is 19.3 Å². The zero-order valence-corrected chi connectivity index (χ0v) is 16.3. The Morgan fingerprint density at radius 2 is 1.89 bits per heavy atom. The molecular formula is C18H24FN3O4S. The molecule has 1 saturated carbocycles. The minimum Gasteiger partial charge on any atom is -0.386 e. The summed E-state index contributed by atoms with van der Waals surface area (Å²) in [6, 6.07) is 3.05. The predicted molar refractivity (Wildman–Crippen MR) is 101 cm³/mol. The fraction of sp³-hybridized carbons (Fsp3) is 0.611. The first-order valence-corrected chi connectivity index (χ1v) is 10.7. The molecular weight excluding hydrogens is 373 g/mol. The molecule has 0 unspecified atom stereocenters. The highest BCUT2D eigenvalue weighted by Crippen LogP contribution is 2.45. The minimum absolute atomic E-state index is 0.0333. The van der Waals surface area contributed by atoms with Crippen molar-refractivity contribution in [2.24, 2.45) is 16.6 Å². The predicted octanol–water partition coefficient (Wildman–Crippen LogP) is 3.07. The molecule has 27 heavy (non-hydrogen) atoms. The lowest BCUT2D eigenvalue weighted by Gasteiger charge is -2.44. The van der Waals surface area contributed by atoms with Crippen LogP contribution in [0, 0.1) is 21.8 Å². The number of nitro benzene ring substituents is 1. The van der Waals surface area contributed by atoms with Gasteiger partial charge in [-0.15, -0.1) is 0 Å². The number of nitro groups is 1. The molecule has 1 aliphatic carbocycles. The van der Waals surface area contributed by atoms with Crippen LogP contribution in [0.3, 0.4) is 0 Å². The van der Waals surface area contributed by atoms with Gasteiger partial charge in [0.05, 0.1) is 10.7 Å². The van der Waals surface area contributed by atoms with Crippen LogP contribution in [-0.2, 0) is 15.4 Å². The third kappa shape index (κ3) is 3.11. The molecule has 0 aromatic heterocycles. The van der Waals surface area contributed by atoms with Crippen molar-refractivity contribution < 1.29 is 17.7 Å². The standard InChI is InChI=1S/C18H24FN3O4S/c1-17(14-10-13(22(23)24)8-9-15(14)19)11-27(25,26)18(2,16(20)21-17)12-6-4-3-5-7-12/h8-10,12H,3-7,11H2,1-2H3,(H2,20,21)/t17-,18-/m0/s1. The molecule has 0 amide bonds. The Morgan fingerprint density at radius 3 is 2.44 bits per heavy atom. The Kier molecular flexibility index (Phi) is 4.78. The number of benzene rings is 1. The quantitative estimate of drug-likeness (QED) is 0.621. The van der Waals surface area contributed by atoms with Crippen LogP contribution in [0.25, 0.3) is 0 Å². The maximum Gasteiger partial charge on any atom is 0.270 e. The number of halogens is 1. The van der Waals surface area contributed by atoms with Crippen molar-refractivity contribution >= 4 is 21.4 Å². The number of non-ortho nitro benzene ring substituents is 1. The summed E-state index contributed by atoms with van der Waals surface area (Å²) in [6.07, 6.45) is 4.47. The lowest BCUT2D eigenvalue weighted by atomic mass is 9.79. The zero-order valence-electron chi connectivity index (χ0n) is 15.4. The Bertz CT molecular complexity index is 911. The first-order valence-electron chi connectivity index (χ1n) is 9.04. The van der Waals surface area contributed by atoms with E-state index in [9.17, 15) is 22.9 Å². The summed E-state index contributed by atoms with van der Waals surface area (Å²) in [5.74, 6) is -1.34. The molecule has 1 aromatic rings. The summed E-state index contributed by atoms with van der Waals surface area (Å²) in [4.78, 5) is 14.8. The average molecular weight is 397 g/mol. The van der Waals surface area contributed by atoms with Crippen molar-refractivity contribution in [3.63, 3.8) is 0 Å². The molecule has 0 spiro atoms.